The van der Waals surface area contributed by atoms with Gasteiger partial charge in [-0.15, -0.1) is 0 Å². The van der Waals surface area contributed by atoms with Gasteiger partial charge in [-0.1, -0.05) is 0 Å². The number of hydrogen-bond acceptors (Lipinski definition) is 2. The number of amides is 2. The van der Waals surface area contributed by atoms with E-state index in [2.05, 4.69) is 21.2 Å². The van der Waals surface area contributed by atoms with Crippen LogP contribution in [0.25, 0.3) is 0 Å². The van der Waals surface area contributed by atoms with E-state index in [1.54, 1.807) is 6.92 Å². The maximum atomic E-state index is 13.2. The summed E-state index contributed by atoms with van der Waals surface area (Å²) in [5.41, 5.74) is 5.19. The van der Waals surface area contributed by atoms with Crippen molar-refractivity contribution in [2.45, 2.75) is 19.4 Å². The molecule has 0 aliphatic rings. The van der Waals surface area contributed by atoms with Crippen LogP contribution in [-0.4, -0.2) is 17.9 Å². The highest BCUT2D eigenvalue weighted by Gasteiger charge is 2.12. The van der Waals surface area contributed by atoms with Crippen molar-refractivity contribution in [2.75, 3.05) is 0 Å². The highest BCUT2D eigenvalue weighted by atomic mass is 79.9. The lowest BCUT2D eigenvalue weighted by molar-refractivity contribution is -0.118. The van der Waals surface area contributed by atoms with Crippen molar-refractivity contribution in [3.63, 3.8) is 0 Å². The molecule has 0 bridgehead atoms. The lowest BCUT2D eigenvalue weighted by Gasteiger charge is -2.12. The van der Waals surface area contributed by atoms with Gasteiger partial charge in [-0.05, 0) is 41.1 Å². The molecular formula is C11H12BrFN2O2. The monoisotopic (exact) mass is 302 g/mol. The molecule has 0 fully saturated rings. The molecule has 0 radical (unpaired) electrons. The molecule has 1 rings (SSSR count). The van der Waals surface area contributed by atoms with Crippen LogP contribution in [0.1, 0.15) is 23.7 Å². The number of primary amides is 1. The minimum absolute atomic E-state index is 0.0464. The van der Waals surface area contributed by atoms with E-state index < -0.39 is 17.6 Å². The maximum Gasteiger partial charge on any atom is 0.251 e. The Morgan fingerprint density at radius 3 is 2.71 bits per heavy atom. The van der Waals surface area contributed by atoms with Gasteiger partial charge in [-0.3, -0.25) is 9.59 Å². The molecule has 4 nitrogen and oxygen atoms in total. The molecule has 0 aliphatic carbocycles. The van der Waals surface area contributed by atoms with Gasteiger partial charge in [0.05, 0.1) is 4.47 Å². The molecular weight excluding hydrogens is 291 g/mol. The Morgan fingerprint density at radius 2 is 2.18 bits per heavy atom. The van der Waals surface area contributed by atoms with Crippen LogP contribution in [0.15, 0.2) is 22.7 Å². The van der Waals surface area contributed by atoms with Crippen molar-refractivity contribution >= 4 is 27.7 Å². The topological polar surface area (TPSA) is 72.2 Å². The third-order valence-electron chi connectivity index (χ3n) is 2.07. The highest BCUT2D eigenvalue weighted by molar-refractivity contribution is 9.10. The van der Waals surface area contributed by atoms with Crippen LogP contribution in [0.4, 0.5) is 4.39 Å². The zero-order chi connectivity index (χ0) is 13.0. The first-order valence-corrected chi connectivity index (χ1v) is 5.73. The van der Waals surface area contributed by atoms with Gasteiger partial charge >= 0.3 is 0 Å². The Balaban J connectivity index is 2.70. The third kappa shape index (κ3) is 4.14. The van der Waals surface area contributed by atoms with Gasteiger partial charge < -0.3 is 11.1 Å². The molecule has 0 spiro atoms. The predicted molar refractivity (Wildman–Crippen MR) is 64.8 cm³/mol. The molecule has 0 aromatic heterocycles. The first kappa shape index (κ1) is 13.6. The van der Waals surface area contributed by atoms with Gasteiger partial charge in [0.15, 0.2) is 0 Å². The lowest BCUT2D eigenvalue weighted by atomic mass is 10.1. The molecule has 3 N–H and O–H groups in total. The van der Waals surface area contributed by atoms with Crippen LogP contribution in [-0.2, 0) is 4.79 Å². The molecule has 6 heteroatoms. The summed E-state index contributed by atoms with van der Waals surface area (Å²) in [4.78, 5) is 22.3. The SMILES string of the molecule is CC(CC(N)=O)NC(=O)c1ccc(Br)c(F)c1. The summed E-state index contributed by atoms with van der Waals surface area (Å²) in [7, 11) is 0. The third-order valence-corrected chi connectivity index (χ3v) is 2.71. The van der Waals surface area contributed by atoms with E-state index in [4.69, 9.17) is 5.73 Å². The molecule has 0 aliphatic heterocycles. The second-order valence-corrected chi connectivity index (χ2v) is 4.53. The van der Waals surface area contributed by atoms with Crippen LogP contribution in [0, 0.1) is 5.82 Å². The second-order valence-electron chi connectivity index (χ2n) is 3.67. The zero-order valence-corrected chi connectivity index (χ0v) is 10.8. The molecule has 2 amide bonds. The molecule has 0 saturated carbocycles. The van der Waals surface area contributed by atoms with E-state index in [1.165, 1.54) is 12.1 Å². The summed E-state index contributed by atoms with van der Waals surface area (Å²) < 4.78 is 13.5. The fraction of sp³-hybridized carbons (Fsp3) is 0.273. The Morgan fingerprint density at radius 1 is 1.53 bits per heavy atom. The summed E-state index contributed by atoms with van der Waals surface area (Å²) in [6, 6.07) is 3.67. The number of carbonyl (C=O) groups excluding carboxylic acids is 2. The average molecular weight is 303 g/mol. The fourth-order valence-corrected chi connectivity index (χ4v) is 1.54. The van der Waals surface area contributed by atoms with E-state index in [9.17, 15) is 14.0 Å². The summed E-state index contributed by atoms with van der Waals surface area (Å²) >= 11 is 2.99. The van der Waals surface area contributed by atoms with Crippen LogP contribution in [0.5, 0.6) is 0 Å². The number of nitrogens with one attached hydrogen (secondary N) is 1. The van der Waals surface area contributed by atoms with Crippen LogP contribution in [0.2, 0.25) is 0 Å². The Kier molecular flexibility index (Phi) is 4.62. The number of halogens is 2. The first-order valence-electron chi connectivity index (χ1n) is 4.94. The van der Waals surface area contributed by atoms with E-state index in [1.807, 2.05) is 0 Å². The minimum atomic E-state index is -0.514. The molecule has 17 heavy (non-hydrogen) atoms. The van der Waals surface area contributed by atoms with Crippen molar-refractivity contribution in [3.8, 4) is 0 Å². The molecule has 0 saturated heterocycles. The fourth-order valence-electron chi connectivity index (χ4n) is 1.30. The number of carbonyl (C=O) groups is 2. The standard InChI is InChI=1S/C11H12BrFN2O2/c1-6(4-10(14)16)15-11(17)7-2-3-8(12)9(13)5-7/h2-3,5-6H,4H2,1H3,(H2,14,16)(H,15,17). The number of nitrogens with two attached hydrogens (primary N) is 1. The van der Waals surface area contributed by atoms with Gasteiger partial charge in [0.1, 0.15) is 5.82 Å². The van der Waals surface area contributed by atoms with Gasteiger partial charge in [0, 0.05) is 18.0 Å². The van der Waals surface area contributed by atoms with Crippen molar-refractivity contribution in [1.82, 2.24) is 5.32 Å². The summed E-state index contributed by atoms with van der Waals surface area (Å²) in [6.45, 7) is 1.65. The van der Waals surface area contributed by atoms with E-state index in [0.29, 0.717) is 4.47 Å². The molecule has 1 unspecified atom stereocenters. The maximum absolute atomic E-state index is 13.2. The smallest absolute Gasteiger partial charge is 0.251 e. The lowest BCUT2D eigenvalue weighted by Crippen LogP contribution is -2.35. The Hall–Kier alpha value is -1.43. The molecule has 1 aromatic carbocycles. The van der Waals surface area contributed by atoms with Crippen molar-refractivity contribution in [3.05, 3.63) is 34.1 Å². The normalized spacial score (nSPS) is 11.9. The van der Waals surface area contributed by atoms with Gasteiger partial charge in [-0.25, -0.2) is 4.39 Å². The minimum Gasteiger partial charge on any atom is -0.370 e. The number of hydrogen-bond donors (Lipinski definition) is 2. The second kappa shape index (κ2) is 5.77. The van der Waals surface area contributed by atoms with Gasteiger partial charge in [0.25, 0.3) is 5.91 Å². The van der Waals surface area contributed by atoms with Gasteiger partial charge in [0.2, 0.25) is 5.91 Å². The summed E-state index contributed by atoms with van der Waals surface area (Å²) in [5.74, 6) is -1.45. The molecule has 1 atom stereocenters. The Bertz CT molecular complexity index is 451. The van der Waals surface area contributed by atoms with Gasteiger partial charge in [-0.2, -0.15) is 0 Å². The highest BCUT2D eigenvalue weighted by Crippen LogP contribution is 2.16. The molecule has 1 aromatic rings. The zero-order valence-electron chi connectivity index (χ0n) is 9.17. The average Bonchev–Trinajstić information content (AvgIpc) is 2.20. The number of rotatable bonds is 4. The number of benzene rings is 1. The van der Waals surface area contributed by atoms with E-state index in [-0.39, 0.29) is 18.0 Å². The van der Waals surface area contributed by atoms with Crippen molar-refractivity contribution < 1.29 is 14.0 Å². The summed E-state index contributed by atoms with van der Waals surface area (Å²) in [6.07, 6.45) is 0.0464. The predicted octanol–water partition coefficient (Wildman–Crippen LogP) is 1.58. The van der Waals surface area contributed by atoms with Crippen LogP contribution in [0.3, 0.4) is 0 Å². The van der Waals surface area contributed by atoms with Crippen LogP contribution < -0.4 is 11.1 Å². The molecule has 92 valence electrons. The van der Waals surface area contributed by atoms with E-state index in [0.717, 1.165) is 6.07 Å². The van der Waals surface area contributed by atoms with E-state index >= 15 is 0 Å². The summed E-state index contributed by atoms with van der Waals surface area (Å²) in [5, 5.41) is 2.55. The first-order chi connectivity index (χ1) is 7.90. The van der Waals surface area contributed by atoms with Crippen LogP contribution >= 0.6 is 15.9 Å². The molecule has 0 heterocycles. The van der Waals surface area contributed by atoms with Crippen molar-refractivity contribution in [1.29, 1.82) is 0 Å². The van der Waals surface area contributed by atoms with Crippen molar-refractivity contribution in [2.24, 2.45) is 5.73 Å². The Labute approximate surface area is 107 Å². The largest absolute Gasteiger partial charge is 0.370 e. The quantitative estimate of drug-likeness (QED) is 0.886.